The molecule has 0 heterocycles. The van der Waals surface area contributed by atoms with E-state index in [9.17, 15) is 0 Å². The summed E-state index contributed by atoms with van der Waals surface area (Å²) in [7, 11) is 2.01. The molecule has 0 fully saturated rings. The number of hydrogen-bond donors (Lipinski definition) is 1. The Morgan fingerprint density at radius 1 is 1.33 bits per heavy atom. The van der Waals surface area contributed by atoms with Gasteiger partial charge in [0.2, 0.25) is 0 Å². The SMILES string of the molecule is C[NH2+]CCO/N=C(\C)c1ccccc1.[Cl-]. The fraction of sp³-hybridized carbons (Fsp3) is 0.364. The molecule has 0 atom stereocenters. The van der Waals surface area contributed by atoms with Crippen LogP contribution < -0.4 is 17.7 Å². The molecule has 15 heavy (non-hydrogen) atoms. The van der Waals surface area contributed by atoms with Crippen LogP contribution in [0.4, 0.5) is 0 Å². The highest BCUT2D eigenvalue weighted by Crippen LogP contribution is 2.00. The summed E-state index contributed by atoms with van der Waals surface area (Å²) < 4.78 is 0. The van der Waals surface area contributed by atoms with Gasteiger partial charge in [-0.2, -0.15) is 0 Å². The second kappa shape index (κ2) is 8.26. The van der Waals surface area contributed by atoms with E-state index in [0.717, 1.165) is 17.8 Å². The van der Waals surface area contributed by atoms with Crippen molar-refractivity contribution in [2.24, 2.45) is 5.16 Å². The van der Waals surface area contributed by atoms with Crippen LogP contribution in [0.1, 0.15) is 12.5 Å². The van der Waals surface area contributed by atoms with Crippen molar-refractivity contribution in [3.8, 4) is 0 Å². The van der Waals surface area contributed by atoms with Crippen LogP contribution >= 0.6 is 0 Å². The van der Waals surface area contributed by atoms with Crippen molar-refractivity contribution in [3.05, 3.63) is 35.9 Å². The summed E-state index contributed by atoms with van der Waals surface area (Å²) in [5, 5.41) is 6.09. The van der Waals surface area contributed by atoms with Crippen molar-refractivity contribution in [1.82, 2.24) is 0 Å². The highest BCUT2D eigenvalue weighted by molar-refractivity contribution is 5.98. The lowest BCUT2D eigenvalue weighted by atomic mass is 10.1. The van der Waals surface area contributed by atoms with Gasteiger partial charge in [0.05, 0.1) is 12.8 Å². The van der Waals surface area contributed by atoms with Crippen LogP contribution in [-0.2, 0) is 4.84 Å². The van der Waals surface area contributed by atoms with Crippen molar-refractivity contribution in [1.29, 1.82) is 0 Å². The Labute approximate surface area is 96.9 Å². The second-order valence-electron chi connectivity index (χ2n) is 3.07. The fourth-order valence-electron chi connectivity index (χ4n) is 1.05. The van der Waals surface area contributed by atoms with Gasteiger partial charge in [-0.05, 0) is 12.5 Å². The van der Waals surface area contributed by atoms with Gasteiger partial charge < -0.3 is 22.6 Å². The molecule has 1 rings (SSSR count). The van der Waals surface area contributed by atoms with E-state index in [1.54, 1.807) is 0 Å². The highest BCUT2D eigenvalue weighted by atomic mass is 35.5. The van der Waals surface area contributed by atoms with Gasteiger partial charge in [-0.15, -0.1) is 0 Å². The largest absolute Gasteiger partial charge is 1.00 e. The number of quaternary nitrogens is 1. The predicted molar refractivity (Wildman–Crippen MR) is 57.3 cm³/mol. The molecule has 0 bridgehead atoms. The molecule has 0 radical (unpaired) electrons. The maximum atomic E-state index is 5.15. The molecule has 1 aromatic carbocycles. The van der Waals surface area contributed by atoms with Crippen molar-refractivity contribution >= 4 is 5.71 Å². The summed E-state index contributed by atoms with van der Waals surface area (Å²) in [6, 6.07) is 10.0. The molecule has 84 valence electrons. The van der Waals surface area contributed by atoms with E-state index in [2.05, 4.69) is 10.5 Å². The van der Waals surface area contributed by atoms with Gasteiger partial charge in [0.1, 0.15) is 6.54 Å². The normalized spacial score (nSPS) is 10.7. The summed E-state index contributed by atoms with van der Waals surface area (Å²) >= 11 is 0. The monoisotopic (exact) mass is 228 g/mol. The van der Waals surface area contributed by atoms with E-state index in [1.165, 1.54) is 0 Å². The third-order valence-corrected chi connectivity index (χ3v) is 1.89. The second-order valence-corrected chi connectivity index (χ2v) is 3.07. The van der Waals surface area contributed by atoms with E-state index >= 15 is 0 Å². The molecule has 2 N–H and O–H groups in total. The van der Waals surface area contributed by atoms with Gasteiger partial charge in [0.15, 0.2) is 6.61 Å². The van der Waals surface area contributed by atoms with E-state index in [4.69, 9.17) is 4.84 Å². The molecule has 0 aromatic heterocycles. The zero-order chi connectivity index (χ0) is 10.2. The average Bonchev–Trinajstić information content (AvgIpc) is 2.25. The Morgan fingerprint density at radius 2 is 2.00 bits per heavy atom. The molecular formula is C11H17ClN2O. The molecular weight excluding hydrogens is 212 g/mol. The molecule has 0 saturated carbocycles. The minimum absolute atomic E-state index is 0. The van der Waals surface area contributed by atoms with Crippen molar-refractivity contribution in [2.75, 3.05) is 20.2 Å². The summed E-state index contributed by atoms with van der Waals surface area (Å²) in [6.45, 7) is 3.54. The third-order valence-electron chi connectivity index (χ3n) is 1.89. The molecule has 0 amide bonds. The molecule has 0 saturated heterocycles. The molecule has 3 nitrogen and oxygen atoms in total. The zero-order valence-electron chi connectivity index (χ0n) is 9.11. The average molecular weight is 229 g/mol. The molecule has 0 spiro atoms. The summed E-state index contributed by atoms with van der Waals surface area (Å²) in [5.74, 6) is 0. The summed E-state index contributed by atoms with van der Waals surface area (Å²) in [6.07, 6.45) is 0. The van der Waals surface area contributed by atoms with Crippen molar-refractivity contribution in [3.63, 3.8) is 0 Å². The first-order valence-corrected chi connectivity index (χ1v) is 4.84. The first kappa shape index (κ1) is 13.9. The van der Waals surface area contributed by atoms with E-state index < -0.39 is 0 Å². The smallest absolute Gasteiger partial charge is 0.165 e. The van der Waals surface area contributed by atoms with Crippen LogP contribution in [0.5, 0.6) is 0 Å². The number of nitrogens with zero attached hydrogens (tertiary/aromatic N) is 1. The van der Waals surface area contributed by atoms with Crippen molar-refractivity contribution in [2.45, 2.75) is 6.92 Å². The standard InChI is InChI=1S/C11H16N2O.ClH/c1-10(13-14-9-8-12-2)11-6-4-3-5-7-11;/h3-7,12H,8-9H2,1-2H3;1H/b13-10+;. The molecule has 0 aliphatic carbocycles. The molecule has 0 aliphatic heterocycles. The van der Waals surface area contributed by atoms with Crippen LogP contribution in [0.25, 0.3) is 0 Å². The van der Waals surface area contributed by atoms with Crippen LogP contribution in [0, 0.1) is 0 Å². The van der Waals surface area contributed by atoms with Gasteiger partial charge >= 0.3 is 0 Å². The lowest BCUT2D eigenvalue weighted by Gasteiger charge is -2.00. The third kappa shape index (κ3) is 5.40. The number of hydrogen-bond acceptors (Lipinski definition) is 2. The topological polar surface area (TPSA) is 38.2 Å². The van der Waals surface area contributed by atoms with Crippen LogP contribution in [0.2, 0.25) is 0 Å². The van der Waals surface area contributed by atoms with Gasteiger partial charge in [-0.3, -0.25) is 0 Å². The maximum absolute atomic E-state index is 5.15. The van der Waals surface area contributed by atoms with Crippen LogP contribution in [0.3, 0.4) is 0 Å². The number of nitrogens with two attached hydrogens (primary N) is 1. The van der Waals surface area contributed by atoms with Crippen LogP contribution in [0.15, 0.2) is 35.5 Å². The summed E-state index contributed by atoms with van der Waals surface area (Å²) in [5.41, 5.74) is 2.02. The summed E-state index contributed by atoms with van der Waals surface area (Å²) in [4.78, 5) is 5.15. The Kier molecular flexibility index (Phi) is 7.68. The first-order valence-electron chi connectivity index (χ1n) is 4.84. The lowest BCUT2D eigenvalue weighted by Crippen LogP contribution is -3.00. The minimum atomic E-state index is 0. The maximum Gasteiger partial charge on any atom is 0.165 e. The number of oxime groups is 1. The molecule has 4 heteroatoms. The predicted octanol–water partition coefficient (Wildman–Crippen LogP) is -2.38. The van der Waals surface area contributed by atoms with Gasteiger partial charge in [-0.1, -0.05) is 35.5 Å². The van der Waals surface area contributed by atoms with Crippen molar-refractivity contribution < 1.29 is 22.6 Å². The first-order chi connectivity index (χ1) is 6.84. The van der Waals surface area contributed by atoms with Gasteiger partial charge in [0.25, 0.3) is 0 Å². The lowest BCUT2D eigenvalue weighted by molar-refractivity contribution is -0.628. The zero-order valence-corrected chi connectivity index (χ0v) is 9.87. The van der Waals surface area contributed by atoms with Gasteiger partial charge in [-0.25, -0.2) is 0 Å². The van der Waals surface area contributed by atoms with Crippen LogP contribution in [-0.4, -0.2) is 25.9 Å². The number of benzene rings is 1. The Hall–Kier alpha value is -1.06. The quantitative estimate of drug-likeness (QED) is 0.341. The van der Waals surface area contributed by atoms with E-state index in [-0.39, 0.29) is 12.4 Å². The Balaban J connectivity index is 0.00000196. The molecule has 0 unspecified atom stereocenters. The van der Waals surface area contributed by atoms with Gasteiger partial charge in [0, 0.05) is 0 Å². The fourth-order valence-corrected chi connectivity index (χ4v) is 1.05. The number of halogens is 1. The van der Waals surface area contributed by atoms with E-state index in [1.807, 2.05) is 44.3 Å². The number of likely N-dealkylation sites (N-methyl/N-ethyl adjacent to an activating group) is 1. The minimum Gasteiger partial charge on any atom is -1.00 e. The highest BCUT2D eigenvalue weighted by Gasteiger charge is 1.95. The van der Waals surface area contributed by atoms with E-state index in [0.29, 0.717) is 6.61 Å². The Bertz CT molecular complexity index is 288. The Morgan fingerprint density at radius 3 is 2.60 bits per heavy atom. The molecule has 1 aromatic rings. The molecule has 0 aliphatic rings. The number of rotatable bonds is 5.